The second kappa shape index (κ2) is 6.79. The minimum Gasteiger partial charge on any atom is -0.444 e. The fraction of sp³-hybridized carbons (Fsp3) is 0.467. The smallest absolute Gasteiger partial charge is 0.410 e. The topological polar surface area (TPSA) is 53.3 Å². The number of ether oxygens (including phenoxy) is 1. The number of hydrogen-bond donors (Lipinski definition) is 0. The summed E-state index contributed by atoms with van der Waals surface area (Å²) in [6.45, 7) is 6.32. The summed E-state index contributed by atoms with van der Waals surface area (Å²) in [5.74, 6) is 0. The van der Waals surface area contributed by atoms with Crippen LogP contribution < -0.4 is 0 Å². The van der Waals surface area contributed by atoms with Crippen molar-refractivity contribution in [2.24, 2.45) is 0 Å². The van der Waals surface area contributed by atoms with Crippen molar-refractivity contribution in [3.63, 3.8) is 0 Å². The molecule has 4 heteroatoms. The molecule has 0 unspecified atom stereocenters. The first kappa shape index (κ1) is 15.0. The number of rotatable bonds is 4. The Balaban J connectivity index is 2.72. The van der Waals surface area contributed by atoms with Gasteiger partial charge in [0.05, 0.1) is 12.5 Å². The molecule has 0 aliphatic rings. The highest BCUT2D eigenvalue weighted by Crippen LogP contribution is 2.13. The first-order chi connectivity index (χ1) is 8.92. The van der Waals surface area contributed by atoms with Gasteiger partial charge in [-0.05, 0) is 26.3 Å². The van der Waals surface area contributed by atoms with Crippen molar-refractivity contribution in [1.29, 1.82) is 5.26 Å². The highest BCUT2D eigenvalue weighted by Gasteiger charge is 2.21. The number of amides is 1. The highest BCUT2D eigenvalue weighted by molar-refractivity contribution is 5.68. The van der Waals surface area contributed by atoms with Crippen LogP contribution in [0.4, 0.5) is 4.79 Å². The molecule has 0 aliphatic heterocycles. The van der Waals surface area contributed by atoms with E-state index in [1.165, 1.54) is 0 Å². The Hall–Kier alpha value is -2.02. The summed E-state index contributed by atoms with van der Waals surface area (Å²) in [4.78, 5) is 13.6. The molecule has 0 heterocycles. The van der Waals surface area contributed by atoms with Crippen molar-refractivity contribution in [2.45, 2.75) is 39.3 Å². The van der Waals surface area contributed by atoms with Gasteiger partial charge in [-0.1, -0.05) is 30.3 Å². The Morgan fingerprint density at radius 3 is 2.47 bits per heavy atom. The van der Waals surface area contributed by atoms with Gasteiger partial charge in [0, 0.05) is 13.1 Å². The SMILES string of the molecule is CC(C)(C)OC(=O)N(CCC#N)Cc1ccccc1. The fourth-order valence-corrected chi connectivity index (χ4v) is 1.55. The van der Waals surface area contributed by atoms with E-state index in [9.17, 15) is 4.79 Å². The Kier molecular flexibility index (Phi) is 5.37. The molecule has 0 aromatic heterocycles. The normalized spacial score (nSPS) is 10.6. The minimum absolute atomic E-state index is 0.298. The van der Waals surface area contributed by atoms with Gasteiger partial charge in [0.15, 0.2) is 0 Å². The van der Waals surface area contributed by atoms with Crippen LogP contribution in [-0.2, 0) is 11.3 Å². The molecule has 1 rings (SSSR count). The lowest BCUT2D eigenvalue weighted by Crippen LogP contribution is -2.37. The molecule has 0 saturated carbocycles. The Morgan fingerprint density at radius 1 is 1.32 bits per heavy atom. The minimum atomic E-state index is -0.529. The largest absolute Gasteiger partial charge is 0.444 e. The van der Waals surface area contributed by atoms with Crippen molar-refractivity contribution in [1.82, 2.24) is 4.90 Å². The van der Waals surface area contributed by atoms with Crippen LogP contribution in [0.25, 0.3) is 0 Å². The molecule has 0 aliphatic carbocycles. The van der Waals surface area contributed by atoms with Crippen LogP contribution in [0.2, 0.25) is 0 Å². The van der Waals surface area contributed by atoms with E-state index in [0.717, 1.165) is 5.56 Å². The van der Waals surface area contributed by atoms with Gasteiger partial charge in [0.2, 0.25) is 0 Å². The van der Waals surface area contributed by atoms with E-state index < -0.39 is 5.60 Å². The van der Waals surface area contributed by atoms with E-state index in [2.05, 4.69) is 6.07 Å². The molecule has 1 aromatic carbocycles. The van der Waals surface area contributed by atoms with Gasteiger partial charge in [0.1, 0.15) is 5.60 Å². The number of nitrogens with zero attached hydrogens (tertiary/aromatic N) is 2. The van der Waals surface area contributed by atoms with Gasteiger partial charge in [-0.3, -0.25) is 0 Å². The molecule has 0 bridgehead atoms. The van der Waals surface area contributed by atoms with Gasteiger partial charge in [-0.15, -0.1) is 0 Å². The lowest BCUT2D eigenvalue weighted by atomic mass is 10.2. The van der Waals surface area contributed by atoms with Gasteiger partial charge in [-0.25, -0.2) is 4.79 Å². The lowest BCUT2D eigenvalue weighted by Gasteiger charge is -2.27. The first-order valence-corrected chi connectivity index (χ1v) is 6.31. The Morgan fingerprint density at radius 2 is 1.95 bits per heavy atom. The second-order valence-corrected chi connectivity index (χ2v) is 5.30. The molecule has 1 aromatic rings. The van der Waals surface area contributed by atoms with Gasteiger partial charge < -0.3 is 9.64 Å². The summed E-state index contributed by atoms with van der Waals surface area (Å²) in [6.07, 6.45) is -0.0851. The first-order valence-electron chi connectivity index (χ1n) is 6.31. The highest BCUT2D eigenvalue weighted by atomic mass is 16.6. The molecule has 19 heavy (non-hydrogen) atoms. The van der Waals surface area contributed by atoms with Gasteiger partial charge >= 0.3 is 6.09 Å². The Bertz CT molecular complexity index is 443. The zero-order valence-corrected chi connectivity index (χ0v) is 11.7. The van der Waals surface area contributed by atoms with E-state index in [0.29, 0.717) is 19.5 Å². The number of carbonyl (C=O) groups is 1. The fourth-order valence-electron chi connectivity index (χ4n) is 1.55. The summed E-state index contributed by atoms with van der Waals surface area (Å²) in [7, 11) is 0. The maximum atomic E-state index is 12.1. The number of nitriles is 1. The van der Waals surface area contributed by atoms with Crippen LogP contribution >= 0.6 is 0 Å². The summed E-state index contributed by atoms with van der Waals surface area (Å²) in [5, 5.41) is 8.67. The van der Waals surface area contributed by atoms with E-state index >= 15 is 0 Å². The molecule has 102 valence electrons. The number of benzene rings is 1. The maximum absolute atomic E-state index is 12.1. The lowest BCUT2D eigenvalue weighted by molar-refractivity contribution is 0.0238. The van der Waals surface area contributed by atoms with Crippen molar-refractivity contribution in [2.75, 3.05) is 6.54 Å². The second-order valence-electron chi connectivity index (χ2n) is 5.30. The predicted molar refractivity (Wildman–Crippen MR) is 73.3 cm³/mol. The van der Waals surface area contributed by atoms with Crippen LogP contribution in [0, 0.1) is 11.3 Å². The van der Waals surface area contributed by atoms with E-state index in [-0.39, 0.29) is 6.09 Å². The van der Waals surface area contributed by atoms with Crippen molar-refractivity contribution < 1.29 is 9.53 Å². The molecular formula is C15H20N2O2. The standard InChI is InChI=1S/C15H20N2O2/c1-15(2,3)19-14(18)17(11-7-10-16)12-13-8-5-4-6-9-13/h4-6,8-9H,7,11-12H2,1-3H3. The van der Waals surface area contributed by atoms with Gasteiger partial charge in [-0.2, -0.15) is 5.26 Å². The summed E-state index contributed by atoms with van der Waals surface area (Å²) < 4.78 is 5.35. The molecule has 0 fully saturated rings. The predicted octanol–water partition coefficient (Wildman–Crippen LogP) is 3.34. The zero-order valence-electron chi connectivity index (χ0n) is 11.7. The zero-order chi connectivity index (χ0) is 14.3. The molecular weight excluding hydrogens is 240 g/mol. The van der Waals surface area contributed by atoms with Crippen LogP contribution in [0.5, 0.6) is 0 Å². The molecule has 0 saturated heterocycles. The van der Waals surface area contributed by atoms with Crippen molar-refractivity contribution in [3.8, 4) is 6.07 Å². The average molecular weight is 260 g/mol. The van der Waals surface area contributed by atoms with Gasteiger partial charge in [0.25, 0.3) is 0 Å². The number of hydrogen-bond acceptors (Lipinski definition) is 3. The molecule has 0 N–H and O–H groups in total. The third-order valence-electron chi connectivity index (χ3n) is 2.36. The van der Waals surface area contributed by atoms with E-state index in [1.807, 2.05) is 51.1 Å². The van der Waals surface area contributed by atoms with Crippen LogP contribution in [0.15, 0.2) is 30.3 Å². The average Bonchev–Trinajstić information content (AvgIpc) is 2.33. The van der Waals surface area contributed by atoms with E-state index in [1.54, 1.807) is 4.90 Å². The summed E-state index contributed by atoms with van der Waals surface area (Å²) in [5.41, 5.74) is 0.491. The summed E-state index contributed by atoms with van der Waals surface area (Å²) in [6, 6.07) is 11.7. The third kappa shape index (κ3) is 5.91. The van der Waals surface area contributed by atoms with Crippen LogP contribution in [-0.4, -0.2) is 23.1 Å². The molecule has 1 amide bonds. The Labute approximate surface area is 114 Å². The maximum Gasteiger partial charge on any atom is 0.410 e. The molecule has 4 nitrogen and oxygen atoms in total. The summed E-state index contributed by atoms with van der Waals surface area (Å²) >= 11 is 0. The van der Waals surface area contributed by atoms with Crippen molar-refractivity contribution in [3.05, 3.63) is 35.9 Å². The molecule has 0 radical (unpaired) electrons. The molecule has 0 spiro atoms. The molecule has 0 atom stereocenters. The third-order valence-corrected chi connectivity index (χ3v) is 2.36. The number of carbonyl (C=O) groups excluding carboxylic acids is 1. The van der Waals surface area contributed by atoms with E-state index in [4.69, 9.17) is 10.00 Å². The quantitative estimate of drug-likeness (QED) is 0.834. The van der Waals surface area contributed by atoms with Crippen LogP contribution in [0.3, 0.4) is 0 Å². The van der Waals surface area contributed by atoms with Crippen LogP contribution in [0.1, 0.15) is 32.8 Å². The van der Waals surface area contributed by atoms with Crippen molar-refractivity contribution >= 4 is 6.09 Å². The monoisotopic (exact) mass is 260 g/mol.